The molecule has 1 aliphatic rings. The minimum atomic E-state index is -0.145. The highest BCUT2D eigenvalue weighted by Crippen LogP contribution is 2.23. The van der Waals surface area contributed by atoms with E-state index < -0.39 is 0 Å². The maximum atomic E-state index is 12.4. The molecule has 0 bridgehead atoms. The highest BCUT2D eigenvalue weighted by atomic mass is 16.1. The van der Waals surface area contributed by atoms with Crippen LogP contribution in [0.5, 0.6) is 0 Å². The fraction of sp³-hybridized carbons (Fsp3) is 0.450. The molecule has 2 aromatic rings. The van der Waals surface area contributed by atoms with Gasteiger partial charge < -0.3 is 10.2 Å². The fourth-order valence-corrected chi connectivity index (χ4v) is 3.38. The molecule has 0 radical (unpaired) electrons. The van der Waals surface area contributed by atoms with Gasteiger partial charge in [0, 0.05) is 25.0 Å². The minimum Gasteiger partial charge on any atom is -0.345 e. The van der Waals surface area contributed by atoms with Gasteiger partial charge in [0.25, 0.3) is 5.91 Å². The van der Waals surface area contributed by atoms with E-state index >= 15 is 0 Å². The van der Waals surface area contributed by atoms with Crippen LogP contribution < -0.4 is 10.2 Å². The first kappa shape index (κ1) is 17.4. The first-order valence-electron chi connectivity index (χ1n) is 9.13. The van der Waals surface area contributed by atoms with Crippen LogP contribution in [0.15, 0.2) is 42.7 Å². The number of amides is 1. The Bertz CT molecular complexity index is 687. The van der Waals surface area contributed by atoms with Crippen LogP contribution in [-0.4, -0.2) is 28.5 Å². The number of hydrogen-bond acceptors (Lipinski definition) is 4. The Morgan fingerprint density at radius 1 is 1.24 bits per heavy atom. The van der Waals surface area contributed by atoms with Crippen molar-refractivity contribution in [1.29, 1.82) is 0 Å². The largest absolute Gasteiger partial charge is 0.345 e. The number of hydrogen-bond donors (Lipinski definition) is 1. The lowest BCUT2D eigenvalue weighted by Crippen LogP contribution is -2.40. The molecule has 2 unspecified atom stereocenters. The number of carbonyl (C=O) groups excluding carboxylic acids is 1. The van der Waals surface area contributed by atoms with Crippen molar-refractivity contribution in [3.63, 3.8) is 0 Å². The van der Waals surface area contributed by atoms with E-state index in [9.17, 15) is 4.79 Å². The molecule has 3 rings (SSSR count). The minimum absolute atomic E-state index is 0.0556. The predicted octanol–water partition coefficient (Wildman–Crippen LogP) is 3.74. The quantitative estimate of drug-likeness (QED) is 0.902. The zero-order valence-electron chi connectivity index (χ0n) is 15.0. The Labute approximate surface area is 149 Å². The summed E-state index contributed by atoms with van der Waals surface area (Å²) >= 11 is 0. The molecule has 0 aliphatic carbocycles. The van der Waals surface area contributed by atoms with Crippen LogP contribution in [0.4, 0.5) is 5.95 Å². The van der Waals surface area contributed by atoms with Gasteiger partial charge in [0.05, 0.1) is 11.6 Å². The molecule has 1 N–H and O–H groups in total. The summed E-state index contributed by atoms with van der Waals surface area (Å²) in [6.45, 7) is 5.17. The third-order valence-electron chi connectivity index (χ3n) is 4.90. The molecule has 1 aromatic heterocycles. The number of rotatable bonds is 5. The molecule has 1 fully saturated rings. The molecule has 5 heteroatoms. The summed E-state index contributed by atoms with van der Waals surface area (Å²) in [5, 5.41) is 3.00. The Balaban J connectivity index is 1.66. The normalized spacial score (nSPS) is 18.6. The predicted molar refractivity (Wildman–Crippen MR) is 99.6 cm³/mol. The van der Waals surface area contributed by atoms with Crippen LogP contribution in [-0.2, 0) is 0 Å². The number of nitrogens with one attached hydrogen (secondary N) is 1. The Morgan fingerprint density at radius 3 is 2.64 bits per heavy atom. The van der Waals surface area contributed by atoms with Gasteiger partial charge in [0.15, 0.2) is 0 Å². The van der Waals surface area contributed by atoms with Gasteiger partial charge in [0.1, 0.15) is 0 Å². The van der Waals surface area contributed by atoms with E-state index in [0.29, 0.717) is 11.6 Å². The van der Waals surface area contributed by atoms with Crippen molar-refractivity contribution in [3.8, 4) is 0 Å². The van der Waals surface area contributed by atoms with E-state index in [2.05, 4.69) is 27.1 Å². The molecule has 132 valence electrons. The van der Waals surface area contributed by atoms with Crippen LogP contribution in [0.2, 0.25) is 0 Å². The van der Waals surface area contributed by atoms with Crippen LogP contribution in [0.1, 0.15) is 61.5 Å². The van der Waals surface area contributed by atoms with Crippen molar-refractivity contribution in [3.05, 3.63) is 53.9 Å². The molecule has 2 heterocycles. The maximum absolute atomic E-state index is 12.4. The van der Waals surface area contributed by atoms with Gasteiger partial charge in [-0.25, -0.2) is 9.97 Å². The van der Waals surface area contributed by atoms with E-state index in [0.717, 1.165) is 24.5 Å². The van der Waals surface area contributed by atoms with Crippen LogP contribution in [0.25, 0.3) is 0 Å². The van der Waals surface area contributed by atoms with Crippen LogP contribution >= 0.6 is 0 Å². The van der Waals surface area contributed by atoms with E-state index in [1.165, 1.54) is 19.3 Å². The molecule has 5 nitrogen and oxygen atoms in total. The number of piperidine rings is 1. The van der Waals surface area contributed by atoms with Crippen molar-refractivity contribution in [2.45, 2.75) is 51.6 Å². The molecule has 0 spiro atoms. The van der Waals surface area contributed by atoms with Gasteiger partial charge in [-0.2, -0.15) is 0 Å². The maximum Gasteiger partial charge on any atom is 0.254 e. The second kappa shape index (κ2) is 8.10. The van der Waals surface area contributed by atoms with Gasteiger partial charge in [-0.15, -0.1) is 0 Å². The lowest BCUT2D eigenvalue weighted by Gasteiger charge is -2.35. The summed E-state index contributed by atoms with van der Waals surface area (Å²) in [6.07, 6.45) is 8.01. The molecular formula is C20H26N4O. The average Bonchev–Trinajstić information content (AvgIpc) is 2.68. The standard InChI is InChI=1S/C20H26N4O/c1-3-18-11-7-8-12-24(18)20-21-13-17(14-22-20)19(25)23-15(2)16-9-5-4-6-10-16/h4-6,9-10,13-15,18H,3,7-8,11-12H2,1-2H3,(H,23,25). The molecule has 1 aromatic carbocycles. The number of nitrogens with zero attached hydrogens (tertiary/aromatic N) is 3. The van der Waals surface area contributed by atoms with Crippen molar-refractivity contribution in [2.75, 3.05) is 11.4 Å². The van der Waals surface area contributed by atoms with Gasteiger partial charge in [-0.05, 0) is 38.2 Å². The van der Waals surface area contributed by atoms with Crippen LogP contribution in [0.3, 0.4) is 0 Å². The lowest BCUT2D eigenvalue weighted by molar-refractivity contribution is 0.0939. The number of benzene rings is 1. The number of anilines is 1. The molecule has 1 aliphatic heterocycles. The lowest BCUT2D eigenvalue weighted by atomic mass is 10.0. The molecular weight excluding hydrogens is 312 g/mol. The third-order valence-corrected chi connectivity index (χ3v) is 4.90. The molecule has 0 saturated carbocycles. The topological polar surface area (TPSA) is 58.1 Å². The average molecular weight is 338 g/mol. The smallest absolute Gasteiger partial charge is 0.254 e. The molecule has 25 heavy (non-hydrogen) atoms. The van der Waals surface area contributed by atoms with E-state index in [-0.39, 0.29) is 11.9 Å². The molecule has 1 amide bonds. The monoisotopic (exact) mass is 338 g/mol. The first-order valence-corrected chi connectivity index (χ1v) is 9.13. The van der Waals surface area contributed by atoms with E-state index in [4.69, 9.17) is 0 Å². The summed E-state index contributed by atoms with van der Waals surface area (Å²) in [5.41, 5.74) is 1.57. The summed E-state index contributed by atoms with van der Waals surface area (Å²) in [7, 11) is 0. The highest BCUT2D eigenvalue weighted by molar-refractivity contribution is 5.93. The Morgan fingerprint density at radius 2 is 1.96 bits per heavy atom. The summed E-state index contributed by atoms with van der Waals surface area (Å²) in [6, 6.07) is 10.4. The second-order valence-electron chi connectivity index (χ2n) is 6.63. The highest BCUT2D eigenvalue weighted by Gasteiger charge is 2.23. The van der Waals surface area contributed by atoms with Crippen molar-refractivity contribution >= 4 is 11.9 Å². The summed E-state index contributed by atoms with van der Waals surface area (Å²) < 4.78 is 0. The van der Waals surface area contributed by atoms with E-state index in [1.54, 1.807) is 12.4 Å². The summed E-state index contributed by atoms with van der Waals surface area (Å²) in [5.74, 6) is 0.591. The Hall–Kier alpha value is -2.43. The molecule has 2 atom stereocenters. The van der Waals surface area contributed by atoms with Crippen LogP contribution in [0, 0.1) is 0 Å². The zero-order valence-corrected chi connectivity index (χ0v) is 15.0. The van der Waals surface area contributed by atoms with Gasteiger partial charge in [-0.3, -0.25) is 4.79 Å². The first-order chi connectivity index (χ1) is 12.2. The summed E-state index contributed by atoms with van der Waals surface area (Å²) in [4.78, 5) is 23.6. The zero-order chi connectivity index (χ0) is 17.6. The van der Waals surface area contributed by atoms with Gasteiger partial charge in [0.2, 0.25) is 5.95 Å². The number of carbonyl (C=O) groups is 1. The Kier molecular flexibility index (Phi) is 5.64. The van der Waals surface area contributed by atoms with Gasteiger partial charge in [-0.1, -0.05) is 37.3 Å². The third kappa shape index (κ3) is 4.16. The second-order valence-corrected chi connectivity index (χ2v) is 6.63. The SMILES string of the molecule is CCC1CCCCN1c1ncc(C(=O)NC(C)c2ccccc2)cn1. The van der Waals surface area contributed by atoms with E-state index in [1.807, 2.05) is 37.3 Å². The van der Waals surface area contributed by atoms with Gasteiger partial charge >= 0.3 is 0 Å². The number of aromatic nitrogens is 2. The van der Waals surface area contributed by atoms with Crippen molar-refractivity contribution in [1.82, 2.24) is 15.3 Å². The van der Waals surface area contributed by atoms with Crippen molar-refractivity contribution < 1.29 is 4.79 Å². The van der Waals surface area contributed by atoms with Crippen molar-refractivity contribution in [2.24, 2.45) is 0 Å². The fourth-order valence-electron chi connectivity index (χ4n) is 3.38. The molecule has 1 saturated heterocycles.